The summed E-state index contributed by atoms with van der Waals surface area (Å²) in [6.07, 6.45) is 0. The van der Waals surface area contributed by atoms with Crippen LogP contribution in [0.4, 0.5) is 17.1 Å². The molecule has 230 valence electrons. The zero-order valence-corrected chi connectivity index (χ0v) is 27.2. The molecule has 0 unspecified atom stereocenters. The van der Waals surface area contributed by atoms with Crippen LogP contribution in [0.1, 0.15) is 0 Å². The Morgan fingerprint density at radius 2 is 1.14 bits per heavy atom. The maximum atomic E-state index is 6.53. The van der Waals surface area contributed by atoms with E-state index in [4.69, 9.17) is 9.40 Å². The van der Waals surface area contributed by atoms with Gasteiger partial charge in [-0.2, -0.15) is 0 Å². The van der Waals surface area contributed by atoms with E-state index in [0.29, 0.717) is 5.89 Å². The Balaban J connectivity index is 1.13. The van der Waals surface area contributed by atoms with Crippen LogP contribution in [0.5, 0.6) is 0 Å². The van der Waals surface area contributed by atoms with Crippen LogP contribution in [0.3, 0.4) is 0 Å². The first-order chi connectivity index (χ1) is 24.3. The number of fused-ring (bicyclic) bond motifs is 8. The van der Waals surface area contributed by atoms with Gasteiger partial charge in [0.1, 0.15) is 5.52 Å². The van der Waals surface area contributed by atoms with Gasteiger partial charge >= 0.3 is 0 Å². The number of nitrogens with zero attached hydrogens (tertiary/aromatic N) is 2. The van der Waals surface area contributed by atoms with Gasteiger partial charge in [0, 0.05) is 48.2 Å². The van der Waals surface area contributed by atoms with E-state index in [0.717, 1.165) is 55.3 Å². The van der Waals surface area contributed by atoms with Crippen LogP contribution in [0, 0.1) is 0 Å². The molecule has 0 fully saturated rings. The first-order valence-corrected chi connectivity index (χ1v) is 17.3. The van der Waals surface area contributed by atoms with E-state index >= 15 is 0 Å². The minimum Gasteiger partial charge on any atom is -0.435 e. The molecule has 10 rings (SSSR count). The zero-order chi connectivity index (χ0) is 32.3. The van der Waals surface area contributed by atoms with Crippen LogP contribution in [-0.2, 0) is 0 Å². The molecule has 0 radical (unpaired) electrons. The molecule has 0 atom stereocenters. The van der Waals surface area contributed by atoms with Crippen LogP contribution in [0.2, 0.25) is 0 Å². The van der Waals surface area contributed by atoms with Gasteiger partial charge in [0.05, 0.1) is 0 Å². The van der Waals surface area contributed by atoms with Crippen molar-refractivity contribution in [2.75, 3.05) is 4.90 Å². The fourth-order valence-electron chi connectivity index (χ4n) is 7.18. The fraction of sp³-hybridized carbons (Fsp3) is 0. The van der Waals surface area contributed by atoms with Gasteiger partial charge < -0.3 is 9.32 Å². The van der Waals surface area contributed by atoms with Gasteiger partial charge in [-0.25, -0.2) is 4.98 Å². The number of aromatic nitrogens is 1. The van der Waals surface area contributed by atoms with E-state index in [2.05, 4.69) is 144 Å². The summed E-state index contributed by atoms with van der Waals surface area (Å²) < 4.78 is 9.16. The molecule has 49 heavy (non-hydrogen) atoms. The third kappa shape index (κ3) is 4.61. The minimum atomic E-state index is 0.633. The van der Waals surface area contributed by atoms with Crippen molar-refractivity contribution < 1.29 is 4.42 Å². The van der Waals surface area contributed by atoms with Crippen LogP contribution < -0.4 is 4.90 Å². The highest BCUT2D eigenvalue weighted by Gasteiger charge is 2.18. The Bertz CT molecular complexity index is 2820. The second kappa shape index (κ2) is 11.2. The molecule has 0 spiro atoms. The highest BCUT2D eigenvalue weighted by Crippen LogP contribution is 2.43. The monoisotopic (exact) mass is 644 g/mol. The predicted molar refractivity (Wildman–Crippen MR) is 207 cm³/mol. The van der Waals surface area contributed by atoms with Crippen molar-refractivity contribution in [2.45, 2.75) is 0 Å². The van der Waals surface area contributed by atoms with E-state index in [1.54, 1.807) is 0 Å². The number of rotatable bonds is 5. The van der Waals surface area contributed by atoms with E-state index < -0.39 is 0 Å². The molecule has 3 nitrogen and oxygen atoms in total. The summed E-state index contributed by atoms with van der Waals surface area (Å²) in [7, 11) is 0. The first kappa shape index (κ1) is 27.8. The summed E-state index contributed by atoms with van der Waals surface area (Å²) in [4.78, 5) is 7.21. The molecule has 0 aliphatic rings. The zero-order valence-electron chi connectivity index (χ0n) is 26.4. The Labute approximate surface area is 286 Å². The number of hydrogen-bond donors (Lipinski definition) is 0. The van der Waals surface area contributed by atoms with E-state index in [1.165, 1.54) is 31.3 Å². The van der Waals surface area contributed by atoms with Crippen LogP contribution in [0.25, 0.3) is 75.4 Å². The van der Waals surface area contributed by atoms with Gasteiger partial charge in [0.15, 0.2) is 5.58 Å². The fourth-order valence-corrected chi connectivity index (χ4v) is 8.31. The van der Waals surface area contributed by atoms with Crippen molar-refractivity contribution >= 4 is 81.2 Å². The normalized spacial score (nSPS) is 11.7. The summed E-state index contributed by atoms with van der Waals surface area (Å²) in [5.41, 5.74) is 8.36. The van der Waals surface area contributed by atoms with Crippen molar-refractivity contribution in [1.82, 2.24) is 4.98 Å². The molecule has 4 heteroatoms. The summed E-state index contributed by atoms with van der Waals surface area (Å²) in [6, 6.07) is 60.3. The molecule has 10 aromatic rings. The summed E-state index contributed by atoms with van der Waals surface area (Å²) in [5, 5.41) is 7.12. The second-order valence-electron chi connectivity index (χ2n) is 12.4. The Morgan fingerprint density at radius 1 is 0.469 bits per heavy atom. The van der Waals surface area contributed by atoms with E-state index in [1.807, 2.05) is 41.7 Å². The summed E-state index contributed by atoms with van der Waals surface area (Å²) in [6.45, 7) is 0. The molecule has 2 heterocycles. The first-order valence-electron chi connectivity index (χ1n) is 16.5. The summed E-state index contributed by atoms with van der Waals surface area (Å²) in [5.74, 6) is 0.633. The molecule has 0 N–H and O–H groups in total. The number of hydrogen-bond acceptors (Lipinski definition) is 4. The van der Waals surface area contributed by atoms with Crippen LogP contribution in [-0.4, -0.2) is 4.98 Å². The van der Waals surface area contributed by atoms with Crippen molar-refractivity contribution in [1.29, 1.82) is 0 Å². The van der Waals surface area contributed by atoms with E-state index in [-0.39, 0.29) is 0 Å². The SMILES string of the molecule is c1ccc(-c2nc3ccc4ccc5ccc(N(c6ccccc6)c6ccc(-c7cccc8sc9ccccc9c78)cc6)cc5c4c3o2)cc1. The lowest BCUT2D eigenvalue weighted by atomic mass is 9.98. The number of benzene rings is 8. The van der Waals surface area contributed by atoms with Gasteiger partial charge in [-0.05, 0) is 94.0 Å². The second-order valence-corrected chi connectivity index (χ2v) is 13.4. The Hall–Kier alpha value is -6.23. The number of para-hydroxylation sites is 1. The average Bonchev–Trinajstić information content (AvgIpc) is 3.78. The largest absolute Gasteiger partial charge is 0.435 e. The van der Waals surface area contributed by atoms with Crippen molar-refractivity contribution in [3.05, 3.63) is 170 Å². The third-order valence-electron chi connectivity index (χ3n) is 9.47. The highest BCUT2D eigenvalue weighted by molar-refractivity contribution is 7.25. The van der Waals surface area contributed by atoms with Crippen molar-refractivity contribution in [3.8, 4) is 22.6 Å². The molecule has 2 aromatic heterocycles. The maximum Gasteiger partial charge on any atom is 0.227 e. The van der Waals surface area contributed by atoms with Gasteiger partial charge in [-0.3, -0.25) is 0 Å². The molecule has 0 aliphatic heterocycles. The molecular formula is C45H28N2OS. The standard InChI is InChI=1S/C45H28N2OS/c1-3-10-32(11-4-1)45-46-39-27-23-31-19-18-30-22-26-35(28-38(30)42(31)44(39)48-45)47(33-12-5-2-6-13-33)34-24-20-29(21-25-34)36-15-9-17-41-43(36)37-14-7-8-16-40(37)49-41/h1-28H. The van der Waals surface area contributed by atoms with Crippen molar-refractivity contribution in [2.24, 2.45) is 0 Å². The van der Waals surface area contributed by atoms with Gasteiger partial charge in [-0.15, -0.1) is 11.3 Å². The van der Waals surface area contributed by atoms with Crippen LogP contribution >= 0.6 is 11.3 Å². The number of thiophene rings is 1. The smallest absolute Gasteiger partial charge is 0.227 e. The topological polar surface area (TPSA) is 29.3 Å². The Kier molecular flexibility index (Phi) is 6.36. The quantitative estimate of drug-likeness (QED) is 0.175. The lowest BCUT2D eigenvalue weighted by Crippen LogP contribution is -2.09. The molecule has 0 saturated carbocycles. The lowest BCUT2D eigenvalue weighted by Gasteiger charge is -2.26. The van der Waals surface area contributed by atoms with Gasteiger partial charge in [0.2, 0.25) is 5.89 Å². The molecule has 8 aromatic carbocycles. The summed E-state index contributed by atoms with van der Waals surface area (Å²) >= 11 is 1.86. The number of anilines is 3. The lowest BCUT2D eigenvalue weighted by molar-refractivity contribution is 0.623. The molecule has 0 amide bonds. The predicted octanol–water partition coefficient (Wildman–Crippen LogP) is 13.3. The maximum absolute atomic E-state index is 6.53. The average molecular weight is 645 g/mol. The van der Waals surface area contributed by atoms with Gasteiger partial charge in [-0.1, -0.05) is 103 Å². The van der Waals surface area contributed by atoms with Crippen LogP contribution in [0.15, 0.2) is 174 Å². The molecule has 0 saturated heterocycles. The third-order valence-corrected chi connectivity index (χ3v) is 10.6. The number of oxazole rings is 1. The minimum absolute atomic E-state index is 0.633. The van der Waals surface area contributed by atoms with Gasteiger partial charge in [0.25, 0.3) is 0 Å². The highest BCUT2D eigenvalue weighted by atomic mass is 32.1. The molecule has 0 bridgehead atoms. The molecule has 0 aliphatic carbocycles. The van der Waals surface area contributed by atoms with E-state index in [9.17, 15) is 0 Å². The van der Waals surface area contributed by atoms with Crippen molar-refractivity contribution in [3.63, 3.8) is 0 Å². The molecular weight excluding hydrogens is 617 g/mol. The Morgan fingerprint density at radius 3 is 2.00 bits per heavy atom.